The Kier molecular flexibility index (Phi) is 4.91. The minimum Gasteiger partial charge on any atom is -0.465 e. The van der Waals surface area contributed by atoms with Gasteiger partial charge in [0.1, 0.15) is 27.0 Å². The fraction of sp³-hybridized carbons (Fsp3) is 0.176. The maximum atomic E-state index is 13.3. The van der Waals surface area contributed by atoms with E-state index in [1.807, 2.05) is 0 Å². The molecule has 0 saturated carbocycles. The molecule has 3 aromatic rings. The van der Waals surface area contributed by atoms with E-state index in [9.17, 15) is 18.8 Å². The number of amides is 1. The van der Waals surface area contributed by atoms with Crippen LogP contribution >= 0.6 is 11.3 Å². The van der Waals surface area contributed by atoms with Crippen molar-refractivity contribution in [3.63, 3.8) is 0 Å². The van der Waals surface area contributed by atoms with Gasteiger partial charge in [0.15, 0.2) is 0 Å². The molecule has 0 aliphatic heterocycles. The van der Waals surface area contributed by atoms with Crippen LogP contribution < -0.4 is 5.32 Å². The van der Waals surface area contributed by atoms with E-state index in [0.717, 1.165) is 11.3 Å². The first kappa shape index (κ1) is 18.5. The highest BCUT2D eigenvalue weighted by molar-refractivity contribution is 7.18. The molecular weight excluding hydrogens is 377 g/mol. The SMILES string of the molecule is COC(=O)c1sc(NC(=O)c2cn3cc(F)ccc3n2)c(C(=O)OC)c1C. The minimum atomic E-state index is -0.703. The summed E-state index contributed by atoms with van der Waals surface area (Å²) in [6, 6.07) is 2.65. The maximum absolute atomic E-state index is 13.3. The number of ether oxygens (including phenoxy) is 2. The molecule has 0 fully saturated rings. The quantitative estimate of drug-likeness (QED) is 0.687. The molecule has 140 valence electrons. The van der Waals surface area contributed by atoms with Gasteiger partial charge >= 0.3 is 11.9 Å². The number of thiophene rings is 1. The van der Waals surface area contributed by atoms with E-state index in [2.05, 4.69) is 10.3 Å². The number of rotatable bonds is 4. The summed E-state index contributed by atoms with van der Waals surface area (Å²) < 4.78 is 24.1. The number of carbonyl (C=O) groups excluding carboxylic acids is 3. The molecule has 10 heteroatoms. The Morgan fingerprint density at radius 3 is 2.52 bits per heavy atom. The van der Waals surface area contributed by atoms with E-state index in [4.69, 9.17) is 9.47 Å². The van der Waals surface area contributed by atoms with Crippen molar-refractivity contribution in [2.24, 2.45) is 0 Å². The van der Waals surface area contributed by atoms with Gasteiger partial charge in [-0.1, -0.05) is 0 Å². The standard InChI is InChI=1S/C17H14FN3O5S/c1-8-12(16(23)25-2)15(27-13(8)17(24)26-3)20-14(22)10-7-21-6-9(18)4-5-11(21)19-10/h4-7H,1-3H3,(H,20,22). The molecule has 0 aliphatic rings. The third kappa shape index (κ3) is 3.38. The molecule has 0 atom stereocenters. The fourth-order valence-electron chi connectivity index (χ4n) is 2.48. The van der Waals surface area contributed by atoms with Crippen molar-refractivity contribution < 1.29 is 28.2 Å². The summed E-state index contributed by atoms with van der Waals surface area (Å²) in [5.41, 5.74) is 0.798. The molecule has 0 spiro atoms. The van der Waals surface area contributed by atoms with E-state index >= 15 is 0 Å². The largest absolute Gasteiger partial charge is 0.465 e. The summed E-state index contributed by atoms with van der Waals surface area (Å²) in [7, 11) is 2.41. The van der Waals surface area contributed by atoms with E-state index in [1.54, 1.807) is 6.92 Å². The number of hydrogen-bond donors (Lipinski definition) is 1. The van der Waals surface area contributed by atoms with Gasteiger partial charge < -0.3 is 19.2 Å². The molecular formula is C17H14FN3O5S. The zero-order valence-corrected chi connectivity index (χ0v) is 15.3. The lowest BCUT2D eigenvalue weighted by Gasteiger charge is -2.04. The summed E-state index contributed by atoms with van der Waals surface area (Å²) in [4.78, 5) is 40.8. The summed E-state index contributed by atoms with van der Waals surface area (Å²) in [6.45, 7) is 1.55. The topological polar surface area (TPSA) is 99.0 Å². The molecule has 0 radical (unpaired) electrons. The molecule has 0 aliphatic carbocycles. The second kappa shape index (κ2) is 7.16. The van der Waals surface area contributed by atoms with Crippen molar-refractivity contribution in [3.05, 3.63) is 52.0 Å². The predicted octanol–water partition coefficient (Wildman–Crippen LogP) is 2.67. The first-order valence-electron chi connectivity index (χ1n) is 7.61. The van der Waals surface area contributed by atoms with Gasteiger partial charge in [-0.2, -0.15) is 0 Å². The highest BCUT2D eigenvalue weighted by atomic mass is 32.1. The smallest absolute Gasteiger partial charge is 0.348 e. The second-order valence-corrected chi connectivity index (χ2v) is 6.46. The Morgan fingerprint density at radius 2 is 1.85 bits per heavy atom. The normalized spacial score (nSPS) is 10.7. The van der Waals surface area contributed by atoms with Gasteiger partial charge in [0.25, 0.3) is 5.91 Å². The molecule has 3 aromatic heterocycles. The van der Waals surface area contributed by atoms with E-state index in [-0.39, 0.29) is 21.1 Å². The summed E-state index contributed by atoms with van der Waals surface area (Å²) >= 11 is 0.893. The molecule has 8 nitrogen and oxygen atoms in total. The van der Waals surface area contributed by atoms with Crippen LogP contribution in [0.5, 0.6) is 0 Å². The van der Waals surface area contributed by atoms with Gasteiger partial charge in [0, 0.05) is 12.4 Å². The number of pyridine rings is 1. The van der Waals surface area contributed by atoms with Gasteiger partial charge in [0.2, 0.25) is 0 Å². The van der Waals surface area contributed by atoms with Crippen LogP contribution in [0.1, 0.15) is 36.1 Å². The third-order valence-electron chi connectivity index (χ3n) is 3.78. The van der Waals surface area contributed by atoms with Gasteiger partial charge in [0.05, 0.1) is 19.8 Å². The van der Waals surface area contributed by atoms with Crippen molar-refractivity contribution in [2.75, 3.05) is 19.5 Å². The van der Waals surface area contributed by atoms with Crippen LogP contribution in [0.3, 0.4) is 0 Å². The number of methoxy groups -OCH3 is 2. The highest BCUT2D eigenvalue weighted by Gasteiger charge is 2.27. The molecule has 1 N–H and O–H groups in total. The lowest BCUT2D eigenvalue weighted by molar-refractivity contribution is 0.0601. The molecule has 3 heterocycles. The van der Waals surface area contributed by atoms with Crippen molar-refractivity contribution >= 4 is 39.8 Å². The van der Waals surface area contributed by atoms with Crippen LogP contribution in [0.25, 0.3) is 5.65 Å². The molecule has 27 heavy (non-hydrogen) atoms. The first-order valence-corrected chi connectivity index (χ1v) is 8.43. The number of anilines is 1. The summed E-state index contributed by atoms with van der Waals surface area (Å²) in [5.74, 6) is -2.43. The Hall–Kier alpha value is -3.27. The number of imidazole rings is 1. The van der Waals surface area contributed by atoms with Crippen LogP contribution in [-0.2, 0) is 9.47 Å². The zero-order chi connectivity index (χ0) is 19.7. The fourth-order valence-corrected chi connectivity index (χ4v) is 3.59. The van der Waals surface area contributed by atoms with Gasteiger partial charge in [-0.3, -0.25) is 4.79 Å². The minimum absolute atomic E-state index is 0.0158. The summed E-state index contributed by atoms with van der Waals surface area (Å²) in [6.07, 6.45) is 2.54. The number of aromatic nitrogens is 2. The number of fused-ring (bicyclic) bond motifs is 1. The van der Waals surface area contributed by atoms with Crippen molar-refractivity contribution in [1.82, 2.24) is 9.38 Å². The van der Waals surface area contributed by atoms with Crippen LogP contribution in [0.2, 0.25) is 0 Å². The molecule has 0 bridgehead atoms. The molecule has 1 amide bonds. The second-order valence-electron chi connectivity index (χ2n) is 5.44. The lowest BCUT2D eigenvalue weighted by atomic mass is 10.1. The number of hydrogen-bond acceptors (Lipinski definition) is 7. The Labute approximate surface area is 156 Å². The van der Waals surface area contributed by atoms with E-state index < -0.39 is 23.7 Å². The predicted molar refractivity (Wildman–Crippen MR) is 94.8 cm³/mol. The Bertz CT molecular complexity index is 1070. The zero-order valence-electron chi connectivity index (χ0n) is 14.5. The first-order chi connectivity index (χ1) is 12.8. The Balaban J connectivity index is 1.98. The Morgan fingerprint density at radius 1 is 1.15 bits per heavy atom. The molecule has 0 aromatic carbocycles. The highest BCUT2D eigenvalue weighted by Crippen LogP contribution is 2.34. The average molecular weight is 391 g/mol. The van der Waals surface area contributed by atoms with Crippen LogP contribution in [0.15, 0.2) is 24.5 Å². The number of esters is 2. The number of nitrogens with one attached hydrogen (secondary N) is 1. The van der Waals surface area contributed by atoms with Crippen molar-refractivity contribution in [1.29, 1.82) is 0 Å². The molecule has 0 saturated heterocycles. The molecule has 0 unspecified atom stereocenters. The lowest BCUT2D eigenvalue weighted by Crippen LogP contribution is -2.14. The van der Waals surface area contributed by atoms with Gasteiger partial charge in [-0.15, -0.1) is 11.3 Å². The maximum Gasteiger partial charge on any atom is 0.348 e. The van der Waals surface area contributed by atoms with E-state index in [1.165, 1.54) is 43.1 Å². The summed E-state index contributed by atoms with van der Waals surface area (Å²) in [5, 5.41) is 2.69. The average Bonchev–Trinajstić information content (AvgIpc) is 3.21. The number of carbonyl (C=O) groups is 3. The van der Waals surface area contributed by atoms with Crippen LogP contribution in [0.4, 0.5) is 9.39 Å². The van der Waals surface area contributed by atoms with Crippen LogP contribution in [-0.4, -0.2) is 41.5 Å². The van der Waals surface area contributed by atoms with E-state index in [0.29, 0.717) is 11.2 Å². The van der Waals surface area contributed by atoms with Crippen LogP contribution in [0, 0.1) is 12.7 Å². The molecule has 3 rings (SSSR count). The van der Waals surface area contributed by atoms with Crippen molar-refractivity contribution in [2.45, 2.75) is 6.92 Å². The van der Waals surface area contributed by atoms with Gasteiger partial charge in [-0.05, 0) is 24.6 Å². The van der Waals surface area contributed by atoms with Crippen molar-refractivity contribution in [3.8, 4) is 0 Å². The van der Waals surface area contributed by atoms with Gasteiger partial charge in [-0.25, -0.2) is 19.0 Å². The monoisotopic (exact) mass is 391 g/mol. The number of halogens is 1. The number of nitrogens with zero attached hydrogens (tertiary/aromatic N) is 2. The third-order valence-corrected chi connectivity index (χ3v) is 4.97.